The van der Waals surface area contributed by atoms with Gasteiger partial charge in [0.1, 0.15) is 11.8 Å². The van der Waals surface area contributed by atoms with Gasteiger partial charge >= 0.3 is 0 Å². The second-order valence-corrected chi connectivity index (χ2v) is 4.72. The van der Waals surface area contributed by atoms with Crippen molar-refractivity contribution in [3.63, 3.8) is 0 Å². The van der Waals surface area contributed by atoms with Crippen LogP contribution in [0.1, 0.15) is 31.7 Å². The topological polar surface area (TPSA) is 29.5 Å². The number of hydroxylamine groups is 2. The largest absolute Gasteiger partial charge is 0.301 e. The maximum Gasteiger partial charge on any atom is 0.146 e. The summed E-state index contributed by atoms with van der Waals surface area (Å²) in [5.74, 6) is 0. The van der Waals surface area contributed by atoms with Gasteiger partial charge in [-0.15, -0.1) is 0 Å². The van der Waals surface area contributed by atoms with Gasteiger partial charge < -0.3 is 9.63 Å². The van der Waals surface area contributed by atoms with Crippen LogP contribution in [0.15, 0.2) is 30.3 Å². The van der Waals surface area contributed by atoms with Crippen molar-refractivity contribution in [1.29, 1.82) is 0 Å². The first-order valence-corrected chi connectivity index (χ1v) is 6.07. The van der Waals surface area contributed by atoms with Crippen molar-refractivity contribution < 1.29 is 9.63 Å². The molecule has 0 unspecified atom stereocenters. The molecule has 1 fully saturated rings. The lowest BCUT2D eigenvalue weighted by Crippen LogP contribution is -2.52. The minimum atomic E-state index is -0.693. The zero-order valence-corrected chi connectivity index (χ0v) is 10.4. The Kier molecular flexibility index (Phi) is 3.60. The molecule has 0 radical (unpaired) electrons. The van der Waals surface area contributed by atoms with Gasteiger partial charge in [-0.05, 0) is 25.3 Å². The van der Waals surface area contributed by atoms with Crippen molar-refractivity contribution in [1.82, 2.24) is 5.06 Å². The molecule has 0 aromatic heterocycles. The predicted molar refractivity (Wildman–Crippen MR) is 66.3 cm³/mol. The van der Waals surface area contributed by atoms with E-state index in [0.29, 0.717) is 6.04 Å². The molecular weight excluding hydrogens is 214 g/mol. The van der Waals surface area contributed by atoms with Crippen LogP contribution in [0.5, 0.6) is 0 Å². The summed E-state index contributed by atoms with van der Waals surface area (Å²) in [5, 5.41) is 1.85. The van der Waals surface area contributed by atoms with E-state index in [1.54, 1.807) is 7.11 Å². The highest BCUT2D eigenvalue weighted by molar-refractivity contribution is 5.67. The van der Waals surface area contributed by atoms with Crippen molar-refractivity contribution >= 4 is 6.29 Å². The first kappa shape index (κ1) is 12.3. The molecule has 2 rings (SSSR count). The van der Waals surface area contributed by atoms with Gasteiger partial charge in [-0.2, -0.15) is 5.06 Å². The zero-order valence-electron chi connectivity index (χ0n) is 10.4. The molecule has 0 N–H and O–H groups in total. The van der Waals surface area contributed by atoms with Crippen molar-refractivity contribution in [2.75, 3.05) is 7.11 Å². The van der Waals surface area contributed by atoms with E-state index in [1.807, 2.05) is 42.3 Å². The first-order valence-electron chi connectivity index (χ1n) is 6.07. The minimum absolute atomic E-state index is 0.357. The van der Waals surface area contributed by atoms with E-state index in [-0.39, 0.29) is 0 Å². The van der Waals surface area contributed by atoms with Gasteiger partial charge in [0.05, 0.1) is 7.11 Å². The van der Waals surface area contributed by atoms with Crippen molar-refractivity contribution in [3.8, 4) is 0 Å². The Morgan fingerprint density at radius 3 is 2.41 bits per heavy atom. The molecule has 0 amide bonds. The van der Waals surface area contributed by atoms with E-state index in [9.17, 15) is 4.79 Å². The second-order valence-electron chi connectivity index (χ2n) is 4.72. The molecule has 1 aliphatic carbocycles. The van der Waals surface area contributed by atoms with E-state index >= 15 is 0 Å². The van der Waals surface area contributed by atoms with E-state index in [1.165, 1.54) is 6.42 Å². The Morgan fingerprint density at radius 2 is 2.00 bits per heavy atom. The van der Waals surface area contributed by atoms with Gasteiger partial charge in [0.2, 0.25) is 0 Å². The van der Waals surface area contributed by atoms with Crippen LogP contribution in [-0.4, -0.2) is 24.5 Å². The number of hydrogen-bond donors (Lipinski definition) is 0. The van der Waals surface area contributed by atoms with Crippen LogP contribution < -0.4 is 0 Å². The molecule has 1 atom stereocenters. The number of rotatable bonds is 5. The molecular formula is C14H19NO2. The summed E-state index contributed by atoms with van der Waals surface area (Å²) < 4.78 is 0. The highest BCUT2D eigenvalue weighted by Crippen LogP contribution is 2.35. The monoisotopic (exact) mass is 233 g/mol. The summed E-state index contributed by atoms with van der Waals surface area (Å²) >= 11 is 0. The highest BCUT2D eigenvalue weighted by atomic mass is 16.7. The van der Waals surface area contributed by atoms with Crippen LogP contribution in [0.2, 0.25) is 0 Å². The average molecular weight is 233 g/mol. The molecule has 1 saturated carbocycles. The van der Waals surface area contributed by atoms with E-state index in [0.717, 1.165) is 24.7 Å². The number of benzene rings is 1. The van der Waals surface area contributed by atoms with Gasteiger partial charge in [-0.25, -0.2) is 0 Å². The first-order chi connectivity index (χ1) is 8.22. The summed E-state index contributed by atoms with van der Waals surface area (Å²) in [6.07, 6.45) is 4.40. The number of nitrogens with zero attached hydrogens (tertiary/aromatic N) is 1. The number of hydrogen-bond acceptors (Lipinski definition) is 3. The molecule has 0 spiro atoms. The summed E-state index contributed by atoms with van der Waals surface area (Å²) in [7, 11) is 1.64. The normalized spacial score (nSPS) is 19.7. The van der Waals surface area contributed by atoms with E-state index < -0.39 is 5.54 Å². The SMILES string of the molecule is CON(C1CCC1)[C@@](C)(C=O)c1ccccc1. The zero-order chi connectivity index (χ0) is 12.3. The lowest BCUT2D eigenvalue weighted by molar-refractivity contribution is -0.233. The Bertz CT molecular complexity index is 375. The highest BCUT2D eigenvalue weighted by Gasteiger charge is 2.40. The van der Waals surface area contributed by atoms with Crippen LogP contribution in [0.25, 0.3) is 0 Å². The van der Waals surface area contributed by atoms with Crippen LogP contribution in [-0.2, 0) is 15.2 Å². The fraction of sp³-hybridized carbons (Fsp3) is 0.500. The second kappa shape index (κ2) is 4.98. The molecule has 0 bridgehead atoms. The quantitative estimate of drug-likeness (QED) is 0.578. The Morgan fingerprint density at radius 1 is 1.35 bits per heavy atom. The third kappa shape index (κ3) is 2.13. The summed E-state index contributed by atoms with van der Waals surface area (Å²) in [6.45, 7) is 1.91. The van der Waals surface area contributed by atoms with E-state index in [4.69, 9.17) is 4.84 Å². The number of carbonyl (C=O) groups excluding carboxylic acids is 1. The van der Waals surface area contributed by atoms with E-state index in [2.05, 4.69) is 0 Å². The molecule has 1 aliphatic rings. The molecule has 17 heavy (non-hydrogen) atoms. The van der Waals surface area contributed by atoms with Crippen molar-refractivity contribution in [2.45, 2.75) is 37.8 Å². The Balaban J connectivity index is 2.31. The number of aldehydes is 1. The molecule has 0 aliphatic heterocycles. The molecule has 1 aromatic rings. The minimum Gasteiger partial charge on any atom is -0.301 e. The molecule has 3 heteroatoms. The van der Waals surface area contributed by atoms with Gasteiger partial charge in [0.25, 0.3) is 0 Å². The fourth-order valence-corrected chi connectivity index (χ4v) is 2.36. The van der Waals surface area contributed by atoms with Crippen molar-refractivity contribution in [3.05, 3.63) is 35.9 Å². The third-order valence-corrected chi connectivity index (χ3v) is 3.65. The van der Waals surface area contributed by atoms with Gasteiger partial charge in [0, 0.05) is 6.04 Å². The average Bonchev–Trinajstić information content (AvgIpc) is 2.33. The van der Waals surface area contributed by atoms with Crippen molar-refractivity contribution in [2.24, 2.45) is 0 Å². The molecule has 1 aromatic carbocycles. The fourth-order valence-electron chi connectivity index (χ4n) is 2.36. The van der Waals surface area contributed by atoms with Crippen LogP contribution in [0.3, 0.4) is 0 Å². The standard InChI is InChI=1S/C14H19NO2/c1-14(11-16,12-7-4-3-5-8-12)15(17-2)13-9-6-10-13/h3-5,7-8,11,13H,6,9-10H2,1-2H3/t14-/m0/s1. The van der Waals surface area contributed by atoms with Crippen LogP contribution >= 0.6 is 0 Å². The molecule has 3 nitrogen and oxygen atoms in total. The van der Waals surface area contributed by atoms with Gasteiger partial charge in [-0.1, -0.05) is 36.8 Å². The Hall–Kier alpha value is -1.19. The summed E-state index contributed by atoms with van der Waals surface area (Å²) in [6, 6.07) is 10.2. The Labute approximate surface area is 102 Å². The smallest absolute Gasteiger partial charge is 0.146 e. The van der Waals surface area contributed by atoms with Gasteiger partial charge in [-0.3, -0.25) is 0 Å². The summed E-state index contributed by atoms with van der Waals surface area (Å²) in [5.41, 5.74) is 0.282. The maximum absolute atomic E-state index is 11.6. The lowest BCUT2D eigenvalue weighted by Gasteiger charge is -2.44. The summed E-state index contributed by atoms with van der Waals surface area (Å²) in [4.78, 5) is 17.0. The van der Waals surface area contributed by atoms with Crippen LogP contribution in [0.4, 0.5) is 0 Å². The number of carbonyl (C=O) groups is 1. The predicted octanol–water partition coefficient (Wildman–Crippen LogP) is 2.52. The third-order valence-electron chi connectivity index (χ3n) is 3.65. The maximum atomic E-state index is 11.6. The molecule has 0 saturated heterocycles. The lowest BCUT2D eigenvalue weighted by atomic mass is 9.86. The van der Waals surface area contributed by atoms with Gasteiger partial charge in [0.15, 0.2) is 0 Å². The molecule has 0 heterocycles. The van der Waals surface area contributed by atoms with Crippen LogP contribution in [0, 0.1) is 0 Å². The molecule has 92 valence electrons.